The van der Waals surface area contributed by atoms with E-state index in [1.54, 1.807) is 6.07 Å². The van der Waals surface area contributed by atoms with E-state index < -0.39 is 12.3 Å². The van der Waals surface area contributed by atoms with Crippen LogP contribution in [0.5, 0.6) is 5.75 Å². The number of carboxylic acid groups (broad SMARTS) is 1. The summed E-state index contributed by atoms with van der Waals surface area (Å²) in [5, 5.41) is 19.6. The molecule has 0 atom stereocenters. The van der Waals surface area contributed by atoms with Crippen LogP contribution in [-0.2, 0) is 0 Å². The van der Waals surface area contributed by atoms with Crippen molar-refractivity contribution >= 4 is 29.3 Å². The molecule has 1 aromatic carbocycles. The van der Waals surface area contributed by atoms with Crippen molar-refractivity contribution in [2.75, 3.05) is 0 Å². The van der Waals surface area contributed by atoms with Crippen molar-refractivity contribution in [3.63, 3.8) is 0 Å². The zero-order valence-electron chi connectivity index (χ0n) is 13.8. The third kappa shape index (κ3) is 5.29. The number of rotatable bonds is 5. The van der Waals surface area contributed by atoms with E-state index in [1.165, 1.54) is 17.8 Å². The van der Waals surface area contributed by atoms with Crippen LogP contribution < -0.4 is 4.74 Å². The Balaban J connectivity index is 1.64. The molecule has 1 saturated carbocycles. The molecule has 0 aliphatic heterocycles. The number of aromatic amines is 1. The van der Waals surface area contributed by atoms with Crippen molar-refractivity contribution in [2.24, 2.45) is 0 Å². The second-order valence-electron chi connectivity index (χ2n) is 6.14. The highest BCUT2D eigenvalue weighted by atomic mass is 35.5. The number of aromatic nitrogens is 3. The van der Waals surface area contributed by atoms with Crippen LogP contribution in [0.4, 0.5) is 13.2 Å². The Labute approximate surface area is 161 Å². The Morgan fingerprint density at radius 2 is 1.93 bits per heavy atom. The summed E-state index contributed by atoms with van der Waals surface area (Å²) < 4.78 is 41.3. The number of alkyl halides is 3. The van der Waals surface area contributed by atoms with Gasteiger partial charge in [0.05, 0.1) is 0 Å². The molecule has 2 aromatic rings. The first-order valence-electron chi connectivity index (χ1n) is 8.08. The molecule has 1 aliphatic carbocycles. The third-order valence-electron chi connectivity index (χ3n) is 4.27. The average molecular weight is 422 g/mol. The molecule has 11 heteroatoms. The lowest BCUT2D eigenvalue weighted by Gasteiger charge is -2.28. The van der Waals surface area contributed by atoms with Crippen molar-refractivity contribution in [3.05, 3.63) is 34.5 Å². The topological polar surface area (TPSA) is 88.1 Å². The van der Waals surface area contributed by atoms with E-state index in [0.717, 1.165) is 31.7 Å². The highest BCUT2D eigenvalue weighted by Gasteiger charge is 2.32. The normalized spacial score (nSPS) is 20.4. The van der Waals surface area contributed by atoms with Gasteiger partial charge in [-0.25, -0.2) is 4.79 Å². The quantitative estimate of drug-likeness (QED) is 0.715. The summed E-state index contributed by atoms with van der Waals surface area (Å²) in [6, 6.07) is 4.17. The SMILES string of the molecule is O=C(O)c1n[nH]nc1SC1CCC(c2cc(Cl)cc(OC(F)(F)F)c2)CC1. The summed E-state index contributed by atoms with van der Waals surface area (Å²) in [6.45, 7) is 0. The van der Waals surface area contributed by atoms with Crippen LogP contribution in [0.1, 0.15) is 47.7 Å². The summed E-state index contributed by atoms with van der Waals surface area (Å²) in [7, 11) is 0. The lowest BCUT2D eigenvalue weighted by Crippen LogP contribution is -2.18. The van der Waals surface area contributed by atoms with E-state index >= 15 is 0 Å². The second-order valence-corrected chi connectivity index (χ2v) is 7.87. The Hall–Kier alpha value is -1.94. The van der Waals surface area contributed by atoms with Gasteiger partial charge in [0.25, 0.3) is 0 Å². The van der Waals surface area contributed by atoms with E-state index in [0.29, 0.717) is 10.6 Å². The number of nitrogens with zero attached hydrogens (tertiary/aromatic N) is 2. The molecule has 1 heterocycles. The van der Waals surface area contributed by atoms with Gasteiger partial charge in [0.1, 0.15) is 5.75 Å². The van der Waals surface area contributed by atoms with Crippen LogP contribution in [0.3, 0.4) is 0 Å². The molecule has 1 aliphatic rings. The first-order valence-corrected chi connectivity index (χ1v) is 9.34. The molecule has 146 valence electrons. The van der Waals surface area contributed by atoms with Crippen molar-refractivity contribution in [2.45, 2.75) is 48.2 Å². The molecule has 3 rings (SSSR count). The van der Waals surface area contributed by atoms with Gasteiger partial charge in [-0.2, -0.15) is 5.21 Å². The minimum absolute atomic E-state index is 0.0624. The molecule has 1 fully saturated rings. The summed E-state index contributed by atoms with van der Waals surface area (Å²) in [4.78, 5) is 11.1. The highest BCUT2D eigenvalue weighted by Crippen LogP contribution is 2.41. The number of carbonyl (C=O) groups is 1. The molecule has 0 unspecified atom stereocenters. The number of benzene rings is 1. The average Bonchev–Trinajstić information content (AvgIpc) is 3.01. The van der Waals surface area contributed by atoms with E-state index in [4.69, 9.17) is 16.7 Å². The Kier molecular flexibility index (Phi) is 5.85. The molecular formula is C16H15ClF3N3O3S. The molecule has 0 bridgehead atoms. The van der Waals surface area contributed by atoms with Gasteiger partial charge in [-0.3, -0.25) is 0 Å². The van der Waals surface area contributed by atoms with Crippen LogP contribution >= 0.6 is 23.4 Å². The van der Waals surface area contributed by atoms with E-state index in [2.05, 4.69) is 20.1 Å². The number of nitrogens with one attached hydrogen (secondary N) is 1. The fraction of sp³-hybridized carbons (Fsp3) is 0.438. The predicted octanol–water partition coefficient (Wildman–Crippen LogP) is 4.87. The van der Waals surface area contributed by atoms with Gasteiger partial charge in [0.2, 0.25) is 5.69 Å². The van der Waals surface area contributed by atoms with Crippen molar-refractivity contribution in [3.8, 4) is 5.75 Å². The maximum absolute atomic E-state index is 12.4. The van der Waals surface area contributed by atoms with Gasteiger partial charge >= 0.3 is 12.3 Å². The first-order chi connectivity index (χ1) is 12.7. The summed E-state index contributed by atoms with van der Waals surface area (Å²) in [5.41, 5.74) is 0.601. The summed E-state index contributed by atoms with van der Waals surface area (Å²) in [6.07, 6.45) is -1.75. The van der Waals surface area contributed by atoms with E-state index in [9.17, 15) is 18.0 Å². The van der Waals surface area contributed by atoms with Crippen LogP contribution in [0.15, 0.2) is 23.2 Å². The molecular weight excluding hydrogens is 407 g/mol. The van der Waals surface area contributed by atoms with Crippen LogP contribution in [0.2, 0.25) is 5.02 Å². The monoisotopic (exact) mass is 421 g/mol. The molecule has 0 saturated heterocycles. The van der Waals surface area contributed by atoms with E-state index in [1.807, 2.05) is 0 Å². The fourth-order valence-corrected chi connectivity index (χ4v) is 4.52. The van der Waals surface area contributed by atoms with Crippen LogP contribution in [0, 0.1) is 0 Å². The standard InChI is InChI=1S/C16H15ClF3N3O3S/c17-10-5-9(6-11(7-10)26-16(18,19)20)8-1-3-12(4-2-8)27-14-13(15(24)25)21-23-22-14/h5-8,12H,1-4H2,(H,24,25)(H,21,22,23). The third-order valence-corrected chi connectivity index (χ3v) is 5.80. The summed E-state index contributed by atoms with van der Waals surface area (Å²) >= 11 is 7.30. The van der Waals surface area contributed by atoms with Gasteiger partial charge < -0.3 is 9.84 Å². The molecule has 0 amide bonds. The van der Waals surface area contributed by atoms with Crippen molar-refractivity contribution in [1.29, 1.82) is 0 Å². The number of aromatic carboxylic acids is 1. The highest BCUT2D eigenvalue weighted by molar-refractivity contribution is 7.99. The van der Waals surface area contributed by atoms with Crippen molar-refractivity contribution in [1.82, 2.24) is 15.4 Å². The number of thioether (sulfide) groups is 1. The van der Waals surface area contributed by atoms with Gasteiger partial charge in [0.15, 0.2) is 5.03 Å². The minimum Gasteiger partial charge on any atom is -0.476 e. The van der Waals surface area contributed by atoms with Gasteiger partial charge in [-0.1, -0.05) is 23.4 Å². The molecule has 1 aromatic heterocycles. The Morgan fingerprint density at radius 1 is 1.22 bits per heavy atom. The van der Waals surface area contributed by atoms with Crippen LogP contribution in [-0.4, -0.2) is 38.1 Å². The second kappa shape index (κ2) is 7.97. The number of halogens is 4. The Morgan fingerprint density at radius 3 is 2.56 bits per heavy atom. The molecule has 0 spiro atoms. The fourth-order valence-electron chi connectivity index (χ4n) is 3.13. The number of hydrogen-bond acceptors (Lipinski definition) is 5. The smallest absolute Gasteiger partial charge is 0.476 e. The molecule has 0 radical (unpaired) electrons. The molecule has 2 N–H and O–H groups in total. The maximum atomic E-state index is 12.4. The summed E-state index contributed by atoms with van der Waals surface area (Å²) in [5.74, 6) is -1.40. The van der Waals surface area contributed by atoms with Crippen molar-refractivity contribution < 1.29 is 27.8 Å². The number of carboxylic acids is 1. The van der Waals surface area contributed by atoms with E-state index in [-0.39, 0.29) is 27.6 Å². The zero-order chi connectivity index (χ0) is 19.6. The number of ether oxygens (including phenoxy) is 1. The minimum atomic E-state index is -4.77. The predicted molar refractivity (Wildman–Crippen MR) is 92.3 cm³/mol. The number of hydrogen-bond donors (Lipinski definition) is 2. The van der Waals surface area contributed by atoms with Crippen LogP contribution in [0.25, 0.3) is 0 Å². The largest absolute Gasteiger partial charge is 0.573 e. The molecule has 27 heavy (non-hydrogen) atoms. The van der Waals surface area contributed by atoms with Gasteiger partial charge in [-0.15, -0.1) is 23.4 Å². The van der Waals surface area contributed by atoms with Gasteiger partial charge in [0, 0.05) is 10.3 Å². The zero-order valence-corrected chi connectivity index (χ0v) is 15.4. The maximum Gasteiger partial charge on any atom is 0.573 e. The lowest BCUT2D eigenvalue weighted by molar-refractivity contribution is -0.274. The first kappa shape index (κ1) is 19.8. The lowest BCUT2D eigenvalue weighted by atomic mass is 9.84. The number of H-pyrrole nitrogens is 1. The van der Waals surface area contributed by atoms with Gasteiger partial charge in [-0.05, 0) is 55.4 Å². The molecule has 6 nitrogen and oxygen atoms in total. The Bertz CT molecular complexity index is 823.